The van der Waals surface area contributed by atoms with Crippen molar-refractivity contribution in [3.63, 3.8) is 0 Å². The normalized spacial score (nSPS) is 10.6. The lowest BCUT2D eigenvalue weighted by Gasteiger charge is -2.08. The molecule has 0 fully saturated rings. The molecule has 0 aromatic carbocycles. The molecule has 7 nitrogen and oxygen atoms in total. The second-order valence-electron chi connectivity index (χ2n) is 3.64. The fourth-order valence-electron chi connectivity index (χ4n) is 1.51. The predicted octanol–water partition coefficient (Wildman–Crippen LogP) is 0.223. The highest BCUT2D eigenvalue weighted by atomic mass is 16.5. The first kappa shape index (κ1) is 14.5. The molecule has 1 aromatic heterocycles. The van der Waals surface area contributed by atoms with Crippen LogP contribution in [-0.4, -0.2) is 49.6 Å². The monoisotopic (exact) mass is 257 g/mol. The SMILES string of the molecule is COCCOCCn1c(C)nc(C(=O)OC)c1N. The van der Waals surface area contributed by atoms with Gasteiger partial charge in [0.2, 0.25) is 0 Å². The molecule has 0 unspecified atom stereocenters. The summed E-state index contributed by atoms with van der Waals surface area (Å²) < 4.78 is 16.5. The van der Waals surface area contributed by atoms with E-state index in [1.54, 1.807) is 18.6 Å². The third-order valence-electron chi connectivity index (χ3n) is 2.47. The highest BCUT2D eigenvalue weighted by molar-refractivity contribution is 5.92. The Kier molecular flexibility index (Phi) is 5.60. The Morgan fingerprint density at radius 2 is 2.06 bits per heavy atom. The molecule has 0 saturated carbocycles. The number of methoxy groups -OCH3 is 2. The maximum atomic E-state index is 11.4. The molecule has 7 heteroatoms. The zero-order valence-corrected chi connectivity index (χ0v) is 10.9. The number of nitrogens with two attached hydrogens (primary N) is 1. The van der Waals surface area contributed by atoms with E-state index >= 15 is 0 Å². The van der Waals surface area contributed by atoms with Gasteiger partial charge in [-0.25, -0.2) is 9.78 Å². The van der Waals surface area contributed by atoms with Crippen molar-refractivity contribution < 1.29 is 19.0 Å². The van der Waals surface area contributed by atoms with Gasteiger partial charge in [0, 0.05) is 13.7 Å². The topological polar surface area (TPSA) is 88.6 Å². The van der Waals surface area contributed by atoms with Gasteiger partial charge in [0.1, 0.15) is 11.6 Å². The number of imidazole rings is 1. The van der Waals surface area contributed by atoms with Crippen LogP contribution in [0.3, 0.4) is 0 Å². The van der Waals surface area contributed by atoms with Crippen molar-refractivity contribution in [2.45, 2.75) is 13.5 Å². The summed E-state index contributed by atoms with van der Waals surface area (Å²) in [6.07, 6.45) is 0. The van der Waals surface area contributed by atoms with Gasteiger partial charge in [0.25, 0.3) is 0 Å². The number of ether oxygens (including phenoxy) is 3. The number of rotatable bonds is 7. The van der Waals surface area contributed by atoms with Crippen LogP contribution in [0.1, 0.15) is 16.3 Å². The number of anilines is 1. The molecule has 0 amide bonds. The zero-order valence-electron chi connectivity index (χ0n) is 10.9. The molecule has 0 aliphatic heterocycles. The van der Waals surface area contributed by atoms with Crippen LogP contribution in [0.2, 0.25) is 0 Å². The van der Waals surface area contributed by atoms with Gasteiger partial charge in [-0.05, 0) is 6.92 Å². The lowest BCUT2D eigenvalue weighted by molar-refractivity contribution is 0.0595. The summed E-state index contributed by atoms with van der Waals surface area (Å²) >= 11 is 0. The lowest BCUT2D eigenvalue weighted by atomic mass is 10.4. The molecule has 0 aliphatic carbocycles. The summed E-state index contributed by atoms with van der Waals surface area (Å²) in [4.78, 5) is 15.5. The number of hydrogen-bond donors (Lipinski definition) is 1. The van der Waals surface area contributed by atoms with Crippen LogP contribution in [0.4, 0.5) is 5.82 Å². The quantitative estimate of drug-likeness (QED) is 0.555. The molecule has 1 rings (SSSR count). The van der Waals surface area contributed by atoms with Gasteiger partial charge in [0.05, 0.1) is 26.9 Å². The third kappa shape index (κ3) is 3.44. The minimum Gasteiger partial charge on any atom is -0.464 e. The van der Waals surface area contributed by atoms with E-state index in [1.807, 2.05) is 0 Å². The maximum absolute atomic E-state index is 11.4. The van der Waals surface area contributed by atoms with Crippen LogP contribution in [0.15, 0.2) is 0 Å². The van der Waals surface area contributed by atoms with E-state index in [9.17, 15) is 4.79 Å². The predicted molar refractivity (Wildman–Crippen MR) is 65.4 cm³/mol. The van der Waals surface area contributed by atoms with Crippen molar-refractivity contribution >= 4 is 11.8 Å². The smallest absolute Gasteiger partial charge is 0.360 e. The highest BCUT2D eigenvalue weighted by Gasteiger charge is 2.18. The number of esters is 1. The molecule has 0 spiro atoms. The first-order valence-corrected chi connectivity index (χ1v) is 5.59. The summed E-state index contributed by atoms with van der Waals surface area (Å²) in [6, 6.07) is 0. The van der Waals surface area contributed by atoms with E-state index in [4.69, 9.17) is 15.2 Å². The Morgan fingerprint density at radius 1 is 1.33 bits per heavy atom. The second kappa shape index (κ2) is 6.97. The highest BCUT2D eigenvalue weighted by Crippen LogP contribution is 2.14. The molecule has 1 heterocycles. The average Bonchev–Trinajstić information content (AvgIpc) is 2.65. The molecular weight excluding hydrogens is 238 g/mol. The second-order valence-corrected chi connectivity index (χ2v) is 3.64. The molecule has 0 bridgehead atoms. The van der Waals surface area contributed by atoms with Crippen molar-refractivity contribution in [3.05, 3.63) is 11.5 Å². The Hall–Kier alpha value is -1.60. The van der Waals surface area contributed by atoms with Crippen molar-refractivity contribution in [1.29, 1.82) is 0 Å². The van der Waals surface area contributed by atoms with Crippen LogP contribution in [0.5, 0.6) is 0 Å². The molecular formula is C11H19N3O4. The lowest BCUT2D eigenvalue weighted by Crippen LogP contribution is -2.13. The summed E-state index contributed by atoms with van der Waals surface area (Å²) in [6.45, 7) is 3.86. The van der Waals surface area contributed by atoms with Crippen molar-refractivity contribution in [2.24, 2.45) is 0 Å². The van der Waals surface area contributed by atoms with E-state index in [0.29, 0.717) is 38.0 Å². The molecule has 0 aliphatic rings. The zero-order chi connectivity index (χ0) is 13.5. The fraction of sp³-hybridized carbons (Fsp3) is 0.636. The fourth-order valence-corrected chi connectivity index (χ4v) is 1.51. The summed E-state index contributed by atoms with van der Waals surface area (Å²) in [5, 5.41) is 0. The van der Waals surface area contributed by atoms with Crippen molar-refractivity contribution in [2.75, 3.05) is 39.8 Å². The summed E-state index contributed by atoms with van der Waals surface area (Å²) in [5.41, 5.74) is 5.99. The Morgan fingerprint density at radius 3 is 2.67 bits per heavy atom. The molecule has 1 aromatic rings. The van der Waals surface area contributed by atoms with Crippen LogP contribution in [0.25, 0.3) is 0 Å². The first-order valence-electron chi connectivity index (χ1n) is 5.59. The largest absolute Gasteiger partial charge is 0.464 e. The molecule has 102 valence electrons. The molecule has 0 saturated heterocycles. The average molecular weight is 257 g/mol. The summed E-state index contributed by atoms with van der Waals surface area (Å²) in [7, 11) is 2.91. The van der Waals surface area contributed by atoms with E-state index in [0.717, 1.165) is 0 Å². The number of carbonyl (C=O) groups excluding carboxylic acids is 1. The summed E-state index contributed by atoms with van der Waals surface area (Å²) in [5.74, 6) is 0.424. The molecule has 18 heavy (non-hydrogen) atoms. The number of carbonyl (C=O) groups is 1. The third-order valence-corrected chi connectivity index (χ3v) is 2.47. The van der Waals surface area contributed by atoms with Crippen LogP contribution in [-0.2, 0) is 20.8 Å². The molecule has 2 N–H and O–H groups in total. The number of aryl methyl sites for hydroxylation is 1. The van der Waals surface area contributed by atoms with Gasteiger partial charge in [-0.1, -0.05) is 0 Å². The maximum Gasteiger partial charge on any atom is 0.360 e. The van der Waals surface area contributed by atoms with Gasteiger partial charge >= 0.3 is 5.97 Å². The van der Waals surface area contributed by atoms with Gasteiger partial charge < -0.3 is 24.5 Å². The number of nitrogens with zero attached hydrogens (tertiary/aromatic N) is 2. The van der Waals surface area contributed by atoms with Gasteiger partial charge in [-0.3, -0.25) is 0 Å². The van der Waals surface area contributed by atoms with Crippen LogP contribution >= 0.6 is 0 Å². The van der Waals surface area contributed by atoms with Crippen LogP contribution < -0.4 is 5.73 Å². The Bertz CT molecular complexity index is 403. The minimum absolute atomic E-state index is 0.145. The number of nitrogen functional groups attached to an aromatic ring is 1. The molecule has 0 atom stereocenters. The minimum atomic E-state index is -0.533. The Balaban J connectivity index is 2.60. The van der Waals surface area contributed by atoms with Gasteiger partial charge in [-0.2, -0.15) is 0 Å². The van der Waals surface area contributed by atoms with E-state index in [1.165, 1.54) is 7.11 Å². The first-order chi connectivity index (χ1) is 8.61. The van der Waals surface area contributed by atoms with Crippen molar-refractivity contribution in [3.8, 4) is 0 Å². The number of hydrogen-bond acceptors (Lipinski definition) is 6. The molecule has 0 radical (unpaired) electrons. The van der Waals surface area contributed by atoms with E-state index in [-0.39, 0.29) is 5.69 Å². The van der Waals surface area contributed by atoms with Gasteiger partial charge in [-0.15, -0.1) is 0 Å². The standard InChI is InChI=1S/C11H19N3O4/c1-8-13-9(11(15)17-3)10(12)14(8)4-5-18-7-6-16-2/h4-7,12H2,1-3H3. The van der Waals surface area contributed by atoms with Gasteiger partial charge in [0.15, 0.2) is 5.69 Å². The van der Waals surface area contributed by atoms with Crippen molar-refractivity contribution in [1.82, 2.24) is 9.55 Å². The van der Waals surface area contributed by atoms with E-state index < -0.39 is 5.97 Å². The number of aromatic nitrogens is 2. The van der Waals surface area contributed by atoms with Crippen LogP contribution in [0, 0.1) is 6.92 Å². The Labute approximate surface area is 106 Å². The van der Waals surface area contributed by atoms with E-state index in [2.05, 4.69) is 9.72 Å².